The van der Waals surface area contributed by atoms with Crippen molar-refractivity contribution in [2.75, 3.05) is 25.6 Å². The molecule has 0 unspecified atom stereocenters. The zero-order chi connectivity index (χ0) is 20.7. The highest BCUT2D eigenvalue weighted by molar-refractivity contribution is 6.36. The molecule has 0 atom stereocenters. The maximum atomic E-state index is 12.2. The Balaban J connectivity index is 1.95. The van der Waals surface area contributed by atoms with E-state index in [9.17, 15) is 9.59 Å². The number of rotatable bonds is 8. The van der Waals surface area contributed by atoms with E-state index < -0.39 is 18.5 Å². The maximum absolute atomic E-state index is 12.2. The summed E-state index contributed by atoms with van der Waals surface area (Å²) in [5, 5.41) is 3.29. The summed E-state index contributed by atoms with van der Waals surface area (Å²) in [5.41, 5.74) is 0.617. The summed E-state index contributed by atoms with van der Waals surface area (Å²) < 4.78 is 16.0. The van der Waals surface area contributed by atoms with E-state index >= 15 is 0 Å². The van der Waals surface area contributed by atoms with Gasteiger partial charge in [0, 0.05) is 5.02 Å². The van der Waals surface area contributed by atoms with Gasteiger partial charge in [-0.3, -0.25) is 4.79 Å². The van der Waals surface area contributed by atoms with Crippen molar-refractivity contribution < 1.29 is 23.8 Å². The molecule has 0 bridgehead atoms. The lowest BCUT2D eigenvalue weighted by molar-refractivity contribution is -0.119. The molecule has 6 nitrogen and oxygen atoms in total. The second-order valence-corrected chi connectivity index (χ2v) is 7.16. The number of methoxy groups -OCH3 is 1. The van der Waals surface area contributed by atoms with Crippen LogP contribution in [0.3, 0.4) is 0 Å². The zero-order valence-electron chi connectivity index (χ0n) is 15.8. The molecule has 0 heterocycles. The quantitative estimate of drug-likeness (QED) is 0.612. The number of anilines is 1. The molecule has 28 heavy (non-hydrogen) atoms. The van der Waals surface area contributed by atoms with Gasteiger partial charge in [-0.25, -0.2) is 4.79 Å². The molecule has 0 saturated carbocycles. The lowest BCUT2D eigenvalue weighted by Gasteiger charge is -2.13. The van der Waals surface area contributed by atoms with Gasteiger partial charge in [0.2, 0.25) is 0 Å². The molecule has 0 aliphatic carbocycles. The highest BCUT2D eigenvalue weighted by Gasteiger charge is 2.15. The van der Waals surface area contributed by atoms with Gasteiger partial charge < -0.3 is 19.5 Å². The van der Waals surface area contributed by atoms with E-state index in [2.05, 4.69) is 5.32 Å². The molecule has 2 aromatic rings. The lowest BCUT2D eigenvalue weighted by atomic mass is 10.2. The SMILES string of the molecule is COc1cc(C(=O)OCC(=O)Nc2ccc(Cl)cc2Cl)ccc1OCC(C)C. The molecule has 0 aromatic heterocycles. The molecule has 8 heteroatoms. The highest BCUT2D eigenvalue weighted by atomic mass is 35.5. The summed E-state index contributed by atoms with van der Waals surface area (Å²) >= 11 is 11.8. The van der Waals surface area contributed by atoms with E-state index in [1.165, 1.54) is 19.2 Å². The molecule has 0 fully saturated rings. The molecular weight excluding hydrogens is 405 g/mol. The van der Waals surface area contributed by atoms with Crippen LogP contribution in [-0.4, -0.2) is 32.2 Å². The Kier molecular flexibility index (Phi) is 7.96. The fourth-order valence-electron chi connectivity index (χ4n) is 2.16. The minimum atomic E-state index is -0.661. The lowest BCUT2D eigenvalue weighted by Crippen LogP contribution is -2.21. The van der Waals surface area contributed by atoms with Gasteiger partial charge in [0.25, 0.3) is 5.91 Å². The average Bonchev–Trinajstić information content (AvgIpc) is 2.66. The monoisotopic (exact) mass is 425 g/mol. The van der Waals surface area contributed by atoms with Crippen LogP contribution in [0.15, 0.2) is 36.4 Å². The predicted molar refractivity (Wildman–Crippen MR) is 109 cm³/mol. The Morgan fingerprint density at radius 3 is 2.46 bits per heavy atom. The summed E-state index contributed by atoms with van der Waals surface area (Å²) in [6.07, 6.45) is 0. The van der Waals surface area contributed by atoms with Gasteiger partial charge in [-0.15, -0.1) is 0 Å². The molecule has 2 rings (SSSR count). The van der Waals surface area contributed by atoms with Crippen LogP contribution in [0.25, 0.3) is 0 Å². The Morgan fingerprint density at radius 2 is 1.82 bits per heavy atom. The smallest absolute Gasteiger partial charge is 0.338 e. The Bertz CT molecular complexity index is 854. The summed E-state index contributed by atoms with van der Waals surface area (Å²) in [4.78, 5) is 24.2. The van der Waals surface area contributed by atoms with Crippen molar-refractivity contribution in [3.05, 3.63) is 52.0 Å². The van der Waals surface area contributed by atoms with Crippen molar-refractivity contribution in [2.45, 2.75) is 13.8 Å². The number of carbonyl (C=O) groups is 2. The number of amides is 1. The molecule has 2 aromatic carbocycles. The van der Waals surface area contributed by atoms with Crippen molar-refractivity contribution in [2.24, 2.45) is 5.92 Å². The number of carbonyl (C=O) groups excluding carboxylic acids is 2. The third kappa shape index (κ3) is 6.32. The van der Waals surface area contributed by atoms with Crippen molar-refractivity contribution in [1.29, 1.82) is 0 Å². The zero-order valence-corrected chi connectivity index (χ0v) is 17.3. The molecular formula is C20H21Cl2NO5. The first kappa shape index (κ1) is 21.9. The standard InChI is InChI=1S/C20H21Cl2NO5/c1-12(2)10-27-17-7-4-13(8-18(17)26-3)20(25)28-11-19(24)23-16-6-5-14(21)9-15(16)22/h4-9,12H,10-11H2,1-3H3,(H,23,24). The number of nitrogens with one attached hydrogen (secondary N) is 1. The molecule has 0 aliphatic rings. The van der Waals surface area contributed by atoms with Gasteiger partial charge in [0.1, 0.15) is 0 Å². The third-order valence-corrected chi connectivity index (χ3v) is 4.06. The Hall–Kier alpha value is -2.44. The number of halogens is 2. The number of esters is 1. The maximum Gasteiger partial charge on any atom is 0.338 e. The summed E-state index contributed by atoms with van der Waals surface area (Å²) in [5.74, 6) is 0.102. The van der Waals surface area contributed by atoms with E-state index in [1.807, 2.05) is 13.8 Å². The van der Waals surface area contributed by atoms with Crippen LogP contribution in [-0.2, 0) is 9.53 Å². The molecule has 0 radical (unpaired) electrons. The van der Waals surface area contributed by atoms with Crippen molar-refractivity contribution in [1.82, 2.24) is 0 Å². The van der Waals surface area contributed by atoms with Crippen molar-refractivity contribution in [3.8, 4) is 11.5 Å². The second kappa shape index (κ2) is 10.2. The summed E-state index contributed by atoms with van der Waals surface area (Å²) in [6.45, 7) is 4.11. The third-order valence-electron chi connectivity index (χ3n) is 3.51. The fourth-order valence-corrected chi connectivity index (χ4v) is 2.62. The van der Waals surface area contributed by atoms with E-state index in [-0.39, 0.29) is 10.6 Å². The van der Waals surface area contributed by atoms with E-state index in [4.69, 9.17) is 37.4 Å². The van der Waals surface area contributed by atoms with Crippen LogP contribution in [0.1, 0.15) is 24.2 Å². The first-order valence-corrected chi connectivity index (χ1v) is 9.28. The van der Waals surface area contributed by atoms with Crippen LogP contribution in [0.4, 0.5) is 5.69 Å². The molecule has 150 valence electrons. The number of ether oxygens (including phenoxy) is 3. The van der Waals surface area contributed by atoms with Crippen LogP contribution >= 0.6 is 23.2 Å². The molecule has 0 spiro atoms. The van der Waals surface area contributed by atoms with Crippen LogP contribution < -0.4 is 14.8 Å². The number of hydrogen-bond donors (Lipinski definition) is 1. The molecule has 0 aliphatic heterocycles. The van der Waals surface area contributed by atoms with Gasteiger partial charge in [-0.2, -0.15) is 0 Å². The fraction of sp³-hybridized carbons (Fsp3) is 0.300. The van der Waals surface area contributed by atoms with Gasteiger partial charge in [0.05, 0.1) is 30.0 Å². The van der Waals surface area contributed by atoms with Crippen LogP contribution in [0.5, 0.6) is 11.5 Å². The molecule has 1 N–H and O–H groups in total. The molecule has 1 amide bonds. The van der Waals surface area contributed by atoms with Crippen molar-refractivity contribution >= 4 is 40.8 Å². The summed E-state index contributed by atoms with van der Waals surface area (Å²) in [7, 11) is 1.48. The van der Waals surface area contributed by atoms with E-state index in [0.29, 0.717) is 34.7 Å². The van der Waals surface area contributed by atoms with Crippen LogP contribution in [0.2, 0.25) is 10.0 Å². The van der Waals surface area contributed by atoms with Gasteiger partial charge >= 0.3 is 5.97 Å². The molecule has 0 saturated heterocycles. The topological polar surface area (TPSA) is 73.9 Å². The summed E-state index contributed by atoms with van der Waals surface area (Å²) in [6, 6.07) is 9.33. The van der Waals surface area contributed by atoms with Crippen LogP contribution in [0, 0.1) is 5.92 Å². The number of hydrogen-bond acceptors (Lipinski definition) is 5. The minimum absolute atomic E-state index is 0.242. The van der Waals surface area contributed by atoms with E-state index in [1.54, 1.807) is 24.3 Å². The van der Waals surface area contributed by atoms with Gasteiger partial charge in [0.15, 0.2) is 18.1 Å². The number of benzene rings is 2. The van der Waals surface area contributed by atoms with E-state index in [0.717, 1.165) is 0 Å². The Labute approximate surface area is 173 Å². The predicted octanol–water partition coefficient (Wildman–Crippen LogP) is 4.83. The normalized spacial score (nSPS) is 10.5. The largest absolute Gasteiger partial charge is 0.493 e. The Morgan fingerprint density at radius 1 is 1.07 bits per heavy atom. The highest BCUT2D eigenvalue weighted by Crippen LogP contribution is 2.29. The average molecular weight is 426 g/mol. The van der Waals surface area contributed by atoms with Gasteiger partial charge in [-0.05, 0) is 42.3 Å². The second-order valence-electron chi connectivity index (χ2n) is 6.32. The van der Waals surface area contributed by atoms with Gasteiger partial charge in [-0.1, -0.05) is 37.0 Å². The first-order chi connectivity index (χ1) is 13.3. The van der Waals surface area contributed by atoms with Crippen molar-refractivity contribution in [3.63, 3.8) is 0 Å². The first-order valence-electron chi connectivity index (χ1n) is 8.53. The minimum Gasteiger partial charge on any atom is -0.493 e.